The minimum atomic E-state index is -0.851. The molecule has 0 aliphatic carbocycles. The first-order valence-electron chi connectivity index (χ1n) is 13.7. The van der Waals surface area contributed by atoms with Gasteiger partial charge in [0.2, 0.25) is 5.91 Å². The lowest BCUT2D eigenvalue weighted by molar-refractivity contribution is -0.123. The number of nitrogens with one attached hydrogen (secondary N) is 1. The highest BCUT2D eigenvalue weighted by molar-refractivity contribution is 5.76. The van der Waals surface area contributed by atoms with Gasteiger partial charge in [-0.3, -0.25) is 4.79 Å². The molecular formula is C31H51NO3. The lowest BCUT2D eigenvalue weighted by Gasteiger charge is -2.19. The Balaban J connectivity index is 3.75. The van der Waals surface area contributed by atoms with Crippen LogP contribution in [0.25, 0.3) is 0 Å². The molecular weight excluding hydrogens is 434 g/mol. The zero-order valence-electron chi connectivity index (χ0n) is 22.3. The molecule has 4 nitrogen and oxygen atoms in total. The van der Waals surface area contributed by atoms with Crippen molar-refractivity contribution in [3.05, 3.63) is 72.9 Å². The molecule has 0 aromatic heterocycles. The topological polar surface area (TPSA) is 69.6 Å². The van der Waals surface area contributed by atoms with Crippen LogP contribution in [0.3, 0.4) is 0 Å². The normalized spacial score (nSPS) is 14.5. The summed E-state index contributed by atoms with van der Waals surface area (Å²) in [5, 5.41) is 22.3. The maximum absolute atomic E-state index is 12.1. The van der Waals surface area contributed by atoms with Crippen LogP contribution in [0.4, 0.5) is 0 Å². The first-order chi connectivity index (χ1) is 17.2. The number of amides is 1. The first-order valence-corrected chi connectivity index (χ1v) is 13.7. The summed E-state index contributed by atoms with van der Waals surface area (Å²) >= 11 is 0. The number of aliphatic hydroxyl groups is 2. The van der Waals surface area contributed by atoms with Gasteiger partial charge in [-0.2, -0.15) is 0 Å². The van der Waals surface area contributed by atoms with E-state index in [1.165, 1.54) is 0 Å². The minimum Gasteiger partial charge on any atom is -0.394 e. The molecule has 1 amide bonds. The predicted octanol–water partition coefficient (Wildman–Crippen LogP) is 7.27. The zero-order valence-corrected chi connectivity index (χ0v) is 22.3. The highest BCUT2D eigenvalue weighted by Gasteiger charge is 2.17. The van der Waals surface area contributed by atoms with Crippen LogP contribution in [-0.2, 0) is 4.79 Å². The third-order valence-electron chi connectivity index (χ3n) is 5.45. The van der Waals surface area contributed by atoms with Gasteiger partial charge in [0.05, 0.1) is 18.8 Å². The van der Waals surface area contributed by atoms with E-state index in [0.717, 1.165) is 77.0 Å². The van der Waals surface area contributed by atoms with Crippen LogP contribution in [0.2, 0.25) is 0 Å². The molecule has 2 atom stereocenters. The van der Waals surface area contributed by atoms with Crippen molar-refractivity contribution in [3.63, 3.8) is 0 Å². The van der Waals surface area contributed by atoms with E-state index in [-0.39, 0.29) is 12.5 Å². The number of rotatable bonds is 22. The largest absolute Gasteiger partial charge is 0.394 e. The average molecular weight is 486 g/mol. The third kappa shape index (κ3) is 23.3. The van der Waals surface area contributed by atoms with Gasteiger partial charge in [-0.15, -0.1) is 0 Å². The molecule has 0 saturated heterocycles. The van der Waals surface area contributed by atoms with Crippen molar-refractivity contribution in [2.45, 2.75) is 109 Å². The Bertz CT molecular complexity index is 658. The van der Waals surface area contributed by atoms with Gasteiger partial charge in [0.25, 0.3) is 0 Å². The number of aliphatic hydroxyl groups excluding tert-OH is 2. The van der Waals surface area contributed by atoms with Crippen LogP contribution in [0.5, 0.6) is 0 Å². The Kier molecular flexibility index (Phi) is 24.8. The van der Waals surface area contributed by atoms with Crippen molar-refractivity contribution in [3.8, 4) is 0 Å². The van der Waals surface area contributed by atoms with Gasteiger partial charge in [0.15, 0.2) is 0 Å². The second-order valence-corrected chi connectivity index (χ2v) is 8.72. The molecule has 2 unspecified atom stereocenters. The summed E-state index contributed by atoms with van der Waals surface area (Å²) in [7, 11) is 0. The Hall–Kier alpha value is -2.17. The van der Waals surface area contributed by atoms with E-state index >= 15 is 0 Å². The standard InChI is InChI=1S/C31H51NO3/c1-3-5-7-9-10-11-12-13-14-15-16-17-18-19-20-21-22-23-25-27-31(35)32-29(28-33)30(34)26-24-8-6-4-2/h5,7,10-11,13-14,16-17,19-20,24,26,29-30,33-34H,3-4,6,8-9,12,15,18,21-23,25,27-28H2,1-2H3,(H,32,35)/b7-5-,11-10-,14-13-,17-16-,20-19-,26-24+. The van der Waals surface area contributed by atoms with Crippen LogP contribution < -0.4 is 5.32 Å². The Morgan fingerprint density at radius 1 is 0.714 bits per heavy atom. The van der Waals surface area contributed by atoms with Gasteiger partial charge in [0, 0.05) is 6.42 Å². The molecule has 0 aromatic rings. The second kappa shape index (κ2) is 26.4. The quantitative estimate of drug-likeness (QED) is 0.111. The van der Waals surface area contributed by atoms with E-state index in [0.29, 0.717) is 6.42 Å². The number of allylic oxidation sites excluding steroid dienone is 11. The van der Waals surface area contributed by atoms with Crippen molar-refractivity contribution in [1.82, 2.24) is 5.32 Å². The Morgan fingerprint density at radius 3 is 1.80 bits per heavy atom. The molecule has 4 heteroatoms. The molecule has 0 radical (unpaired) electrons. The van der Waals surface area contributed by atoms with E-state index in [4.69, 9.17) is 0 Å². The van der Waals surface area contributed by atoms with E-state index in [1.807, 2.05) is 6.08 Å². The minimum absolute atomic E-state index is 0.111. The van der Waals surface area contributed by atoms with Gasteiger partial charge in [-0.25, -0.2) is 0 Å². The van der Waals surface area contributed by atoms with Crippen LogP contribution in [0.15, 0.2) is 72.9 Å². The Morgan fingerprint density at radius 2 is 1.26 bits per heavy atom. The molecule has 0 heterocycles. The van der Waals surface area contributed by atoms with Gasteiger partial charge in [-0.05, 0) is 57.8 Å². The molecule has 0 aromatic carbocycles. The van der Waals surface area contributed by atoms with Crippen LogP contribution in [-0.4, -0.2) is 34.9 Å². The molecule has 0 bridgehead atoms. The lowest BCUT2D eigenvalue weighted by Crippen LogP contribution is -2.45. The molecule has 0 aliphatic rings. The molecule has 0 saturated carbocycles. The van der Waals surface area contributed by atoms with Gasteiger partial charge >= 0.3 is 0 Å². The van der Waals surface area contributed by atoms with Crippen molar-refractivity contribution in [2.24, 2.45) is 0 Å². The van der Waals surface area contributed by atoms with E-state index in [9.17, 15) is 15.0 Å². The van der Waals surface area contributed by atoms with Crippen molar-refractivity contribution < 1.29 is 15.0 Å². The monoisotopic (exact) mass is 485 g/mol. The highest BCUT2D eigenvalue weighted by atomic mass is 16.3. The van der Waals surface area contributed by atoms with Crippen molar-refractivity contribution >= 4 is 5.91 Å². The van der Waals surface area contributed by atoms with Gasteiger partial charge in [-0.1, -0.05) is 106 Å². The van der Waals surface area contributed by atoms with Gasteiger partial charge < -0.3 is 15.5 Å². The van der Waals surface area contributed by atoms with Crippen LogP contribution in [0, 0.1) is 0 Å². The third-order valence-corrected chi connectivity index (χ3v) is 5.45. The number of hydrogen-bond donors (Lipinski definition) is 3. The molecule has 0 spiro atoms. The zero-order chi connectivity index (χ0) is 25.8. The second-order valence-electron chi connectivity index (χ2n) is 8.72. The van der Waals surface area contributed by atoms with Crippen LogP contribution >= 0.6 is 0 Å². The summed E-state index contributed by atoms with van der Waals surface area (Å²) in [6, 6.07) is -0.637. The molecule has 3 N–H and O–H groups in total. The molecule has 0 fully saturated rings. The maximum Gasteiger partial charge on any atom is 0.220 e. The van der Waals surface area contributed by atoms with Crippen molar-refractivity contribution in [2.75, 3.05) is 6.61 Å². The summed E-state index contributed by atoms with van der Waals surface area (Å²) in [5.41, 5.74) is 0. The SMILES string of the molecule is CC/C=C\C/C=C\C/C=C\C/C=C\C/C=C\CCCCCC(=O)NC(CO)C(O)/C=C/CCCC. The fourth-order valence-corrected chi connectivity index (χ4v) is 3.30. The summed E-state index contributed by atoms with van der Waals surface area (Å²) in [6.45, 7) is 4.00. The molecule has 0 rings (SSSR count). The number of carbonyl (C=O) groups excluding carboxylic acids is 1. The fourth-order valence-electron chi connectivity index (χ4n) is 3.30. The summed E-state index contributed by atoms with van der Waals surface area (Å²) in [4.78, 5) is 12.1. The van der Waals surface area contributed by atoms with E-state index < -0.39 is 12.1 Å². The molecule has 198 valence electrons. The highest BCUT2D eigenvalue weighted by Crippen LogP contribution is 2.06. The van der Waals surface area contributed by atoms with E-state index in [1.54, 1.807) is 6.08 Å². The summed E-state index contributed by atoms with van der Waals surface area (Å²) < 4.78 is 0. The van der Waals surface area contributed by atoms with Crippen molar-refractivity contribution in [1.29, 1.82) is 0 Å². The van der Waals surface area contributed by atoms with Gasteiger partial charge in [0.1, 0.15) is 0 Å². The summed E-state index contributed by atoms with van der Waals surface area (Å²) in [6.07, 6.45) is 37.2. The smallest absolute Gasteiger partial charge is 0.220 e. The number of hydrogen-bond acceptors (Lipinski definition) is 3. The van der Waals surface area contributed by atoms with Crippen LogP contribution in [0.1, 0.15) is 97.3 Å². The molecule has 35 heavy (non-hydrogen) atoms. The Labute approximate surface area is 215 Å². The number of carbonyl (C=O) groups is 1. The predicted molar refractivity (Wildman–Crippen MR) is 151 cm³/mol. The summed E-state index contributed by atoms with van der Waals surface area (Å²) in [5.74, 6) is -0.111. The lowest BCUT2D eigenvalue weighted by atomic mass is 10.1. The molecule has 0 aliphatic heterocycles. The van der Waals surface area contributed by atoms with E-state index in [2.05, 4.69) is 79.9 Å². The first kappa shape index (κ1) is 32.8. The average Bonchev–Trinajstić information content (AvgIpc) is 2.86. The number of unbranched alkanes of at least 4 members (excludes halogenated alkanes) is 5. The maximum atomic E-state index is 12.1. The fraction of sp³-hybridized carbons (Fsp3) is 0.581.